The maximum atomic E-state index is 10.7. The molecule has 2 aromatic heterocycles. The van der Waals surface area contributed by atoms with Crippen LogP contribution in [0.25, 0.3) is 5.65 Å². The first kappa shape index (κ1) is 8.26. The van der Waals surface area contributed by atoms with Crippen molar-refractivity contribution in [3.8, 4) is 0 Å². The summed E-state index contributed by atoms with van der Waals surface area (Å²) in [5.74, 6) is 0. The van der Waals surface area contributed by atoms with Crippen LogP contribution in [0.2, 0.25) is 0 Å². The van der Waals surface area contributed by atoms with Gasteiger partial charge in [-0.2, -0.15) is 0 Å². The van der Waals surface area contributed by atoms with Crippen LogP contribution in [0.15, 0.2) is 30.6 Å². The summed E-state index contributed by atoms with van der Waals surface area (Å²) in [5.41, 5.74) is 1.64. The fourth-order valence-corrected chi connectivity index (χ4v) is 1.40. The third kappa shape index (κ3) is 1.55. The topological polar surface area (TPSA) is 34.4 Å². The smallest absolute Gasteiger partial charge is 0.227 e. The molecule has 13 heavy (non-hydrogen) atoms. The molecule has 0 spiro atoms. The van der Waals surface area contributed by atoms with Crippen LogP contribution >= 0.6 is 11.6 Å². The highest BCUT2D eigenvalue weighted by molar-refractivity contribution is 6.63. The molecule has 66 valence electrons. The van der Waals surface area contributed by atoms with E-state index in [0.717, 1.165) is 11.3 Å². The van der Waals surface area contributed by atoms with Crippen LogP contribution in [0.1, 0.15) is 5.69 Å². The van der Waals surface area contributed by atoms with E-state index in [0.29, 0.717) is 0 Å². The molecule has 0 bridgehead atoms. The quantitative estimate of drug-likeness (QED) is 0.682. The normalized spacial score (nSPS) is 10.5. The lowest BCUT2D eigenvalue weighted by Gasteiger charge is -1.96. The van der Waals surface area contributed by atoms with Crippen LogP contribution in [0.3, 0.4) is 0 Å². The number of aromatic nitrogens is 2. The molecule has 0 unspecified atom stereocenters. The van der Waals surface area contributed by atoms with Gasteiger partial charge in [0.25, 0.3) is 0 Å². The van der Waals surface area contributed by atoms with E-state index in [2.05, 4.69) is 4.98 Å². The molecule has 0 aliphatic heterocycles. The number of rotatable bonds is 2. The summed E-state index contributed by atoms with van der Waals surface area (Å²) in [4.78, 5) is 14.8. The molecular formula is C9H7ClN2O. The molecule has 2 rings (SSSR count). The fourth-order valence-electron chi connectivity index (χ4n) is 1.26. The van der Waals surface area contributed by atoms with Crippen LogP contribution in [-0.2, 0) is 11.2 Å². The van der Waals surface area contributed by atoms with Crippen molar-refractivity contribution in [3.05, 3.63) is 36.3 Å². The summed E-state index contributed by atoms with van der Waals surface area (Å²) in [6, 6.07) is 5.66. The third-order valence-corrected chi connectivity index (χ3v) is 1.95. The summed E-state index contributed by atoms with van der Waals surface area (Å²) < 4.78 is 1.85. The number of hydrogen-bond donors (Lipinski definition) is 0. The first-order chi connectivity index (χ1) is 6.27. The second-order valence-corrected chi connectivity index (χ2v) is 3.13. The van der Waals surface area contributed by atoms with Gasteiger partial charge in [-0.05, 0) is 23.7 Å². The molecule has 0 saturated carbocycles. The summed E-state index contributed by atoms with van der Waals surface area (Å²) >= 11 is 5.29. The highest BCUT2D eigenvalue weighted by atomic mass is 35.5. The maximum Gasteiger partial charge on any atom is 0.227 e. The second kappa shape index (κ2) is 3.18. The molecule has 0 N–H and O–H groups in total. The zero-order valence-electron chi connectivity index (χ0n) is 6.77. The number of nitrogens with zero attached hydrogens (tertiary/aromatic N) is 2. The Morgan fingerprint density at radius 1 is 1.54 bits per heavy atom. The number of hydrogen-bond acceptors (Lipinski definition) is 2. The van der Waals surface area contributed by atoms with Crippen molar-refractivity contribution in [2.75, 3.05) is 0 Å². The molecular weight excluding hydrogens is 188 g/mol. The number of halogens is 1. The van der Waals surface area contributed by atoms with Crippen molar-refractivity contribution in [2.24, 2.45) is 0 Å². The minimum Gasteiger partial charge on any atom is -0.304 e. The van der Waals surface area contributed by atoms with E-state index in [1.54, 1.807) is 6.20 Å². The van der Waals surface area contributed by atoms with E-state index in [-0.39, 0.29) is 11.7 Å². The van der Waals surface area contributed by atoms with E-state index < -0.39 is 0 Å². The Kier molecular flexibility index (Phi) is 2.02. The number of imidazole rings is 1. The number of carbonyl (C=O) groups excluding carboxylic acids is 1. The Bertz CT molecular complexity index is 450. The van der Waals surface area contributed by atoms with Crippen molar-refractivity contribution in [1.29, 1.82) is 0 Å². The van der Waals surface area contributed by atoms with Crippen LogP contribution < -0.4 is 0 Å². The van der Waals surface area contributed by atoms with Gasteiger partial charge in [-0.15, -0.1) is 0 Å². The SMILES string of the molecule is O=C(Cl)Cc1cnc2ccccn12. The molecule has 2 heterocycles. The predicted molar refractivity (Wildman–Crippen MR) is 49.8 cm³/mol. The lowest BCUT2D eigenvalue weighted by Crippen LogP contribution is -1.97. The summed E-state index contributed by atoms with van der Waals surface area (Å²) in [6.45, 7) is 0. The molecule has 0 saturated heterocycles. The average molecular weight is 195 g/mol. The standard InChI is InChI=1S/C9H7ClN2O/c10-8(13)5-7-6-11-9-3-1-2-4-12(7)9/h1-4,6H,5H2. The van der Waals surface area contributed by atoms with Gasteiger partial charge in [0.05, 0.1) is 12.1 Å². The average Bonchev–Trinajstić information content (AvgIpc) is 2.48. The van der Waals surface area contributed by atoms with E-state index in [4.69, 9.17) is 11.6 Å². The van der Waals surface area contributed by atoms with Gasteiger partial charge in [0.1, 0.15) is 5.65 Å². The molecule has 0 atom stereocenters. The van der Waals surface area contributed by atoms with E-state index in [9.17, 15) is 4.79 Å². The third-order valence-electron chi connectivity index (χ3n) is 1.81. The molecule has 0 radical (unpaired) electrons. The molecule has 0 fully saturated rings. The van der Waals surface area contributed by atoms with Crippen molar-refractivity contribution >= 4 is 22.5 Å². The fraction of sp³-hybridized carbons (Fsp3) is 0.111. The lowest BCUT2D eigenvalue weighted by atomic mass is 10.3. The van der Waals surface area contributed by atoms with Crippen molar-refractivity contribution < 1.29 is 4.79 Å². The Hall–Kier alpha value is -1.35. The number of carbonyl (C=O) groups is 1. The Morgan fingerprint density at radius 2 is 2.38 bits per heavy atom. The van der Waals surface area contributed by atoms with Gasteiger partial charge in [0.15, 0.2) is 0 Å². The van der Waals surface area contributed by atoms with Crippen molar-refractivity contribution in [1.82, 2.24) is 9.38 Å². The molecule has 3 nitrogen and oxygen atoms in total. The van der Waals surface area contributed by atoms with Crippen molar-refractivity contribution in [3.63, 3.8) is 0 Å². The highest BCUT2D eigenvalue weighted by Crippen LogP contribution is 2.07. The van der Waals surface area contributed by atoms with Gasteiger partial charge in [-0.3, -0.25) is 4.79 Å². The number of fused-ring (bicyclic) bond motifs is 1. The van der Waals surface area contributed by atoms with Crippen LogP contribution in [0, 0.1) is 0 Å². The maximum absolute atomic E-state index is 10.7. The second-order valence-electron chi connectivity index (χ2n) is 2.71. The molecule has 2 aromatic rings. The first-order valence-electron chi connectivity index (χ1n) is 3.86. The molecule has 0 amide bonds. The van der Waals surface area contributed by atoms with Gasteiger partial charge < -0.3 is 4.40 Å². The Labute approximate surface area is 80.0 Å². The van der Waals surface area contributed by atoms with Gasteiger partial charge in [-0.1, -0.05) is 6.07 Å². The zero-order chi connectivity index (χ0) is 9.26. The van der Waals surface area contributed by atoms with Crippen LogP contribution in [0.5, 0.6) is 0 Å². The lowest BCUT2D eigenvalue weighted by molar-refractivity contribution is -0.111. The van der Waals surface area contributed by atoms with Gasteiger partial charge in [0.2, 0.25) is 5.24 Å². The molecule has 0 aromatic carbocycles. The Balaban J connectivity index is 2.51. The first-order valence-corrected chi connectivity index (χ1v) is 4.24. The summed E-state index contributed by atoms with van der Waals surface area (Å²) in [6.07, 6.45) is 3.74. The van der Waals surface area contributed by atoms with E-state index >= 15 is 0 Å². The van der Waals surface area contributed by atoms with Gasteiger partial charge in [0, 0.05) is 12.4 Å². The predicted octanol–water partition coefficient (Wildman–Crippen LogP) is 1.64. The van der Waals surface area contributed by atoms with Gasteiger partial charge >= 0.3 is 0 Å². The molecule has 0 aliphatic rings. The number of pyridine rings is 1. The van der Waals surface area contributed by atoms with Gasteiger partial charge in [-0.25, -0.2) is 4.98 Å². The Morgan fingerprint density at radius 3 is 3.15 bits per heavy atom. The van der Waals surface area contributed by atoms with Crippen molar-refractivity contribution in [2.45, 2.75) is 6.42 Å². The van der Waals surface area contributed by atoms with Crippen LogP contribution in [0.4, 0.5) is 0 Å². The monoisotopic (exact) mass is 194 g/mol. The zero-order valence-corrected chi connectivity index (χ0v) is 7.53. The summed E-state index contributed by atoms with van der Waals surface area (Å²) in [7, 11) is 0. The molecule has 4 heteroatoms. The minimum absolute atomic E-state index is 0.215. The summed E-state index contributed by atoms with van der Waals surface area (Å²) in [5, 5.41) is -0.370. The highest BCUT2D eigenvalue weighted by Gasteiger charge is 2.05. The van der Waals surface area contributed by atoms with Crippen LogP contribution in [-0.4, -0.2) is 14.6 Å². The minimum atomic E-state index is -0.370. The molecule has 0 aliphatic carbocycles. The van der Waals surface area contributed by atoms with E-state index in [1.807, 2.05) is 28.8 Å². The van der Waals surface area contributed by atoms with E-state index in [1.165, 1.54) is 0 Å². The largest absolute Gasteiger partial charge is 0.304 e.